The van der Waals surface area contributed by atoms with Crippen LogP contribution in [0, 0.1) is 0 Å². The molecule has 0 aromatic rings. The van der Waals surface area contributed by atoms with Crippen molar-refractivity contribution in [2.75, 3.05) is 5.75 Å². The van der Waals surface area contributed by atoms with Crippen LogP contribution >= 0.6 is 0 Å². The number of allylic oxidation sites excluding steroid dienone is 1. The summed E-state index contributed by atoms with van der Waals surface area (Å²) in [6.07, 6.45) is 5.09. The minimum atomic E-state index is -0.532. The summed E-state index contributed by atoms with van der Waals surface area (Å²) >= 11 is 0. The minimum absolute atomic E-state index is 0.433. The molecule has 2 unspecified atom stereocenters. The Balaban J connectivity index is 2.39. The quantitative estimate of drug-likeness (QED) is 0.536. The van der Waals surface area contributed by atoms with Gasteiger partial charge in [0.1, 0.15) is 0 Å². The van der Waals surface area contributed by atoms with Gasteiger partial charge in [-0.3, -0.25) is 4.21 Å². The SMILES string of the molecule is C=CCC1CCCS1=O. The Bertz CT molecular complexity index is 131. The molecule has 0 aliphatic carbocycles. The molecular formula is C7H12OS. The maximum Gasteiger partial charge on any atom is 0.0382 e. The van der Waals surface area contributed by atoms with E-state index in [2.05, 4.69) is 6.58 Å². The van der Waals surface area contributed by atoms with Crippen LogP contribution in [0.2, 0.25) is 0 Å². The third kappa shape index (κ3) is 1.65. The van der Waals surface area contributed by atoms with E-state index in [4.69, 9.17) is 0 Å². The van der Waals surface area contributed by atoms with Crippen LogP contribution < -0.4 is 0 Å². The summed E-state index contributed by atoms with van der Waals surface area (Å²) in [6, 6.07) is 0. The summed E-state index contributed by atoms with van der Waals surface area (Å²) in [5.74, 6) is 0.915. The molecule has 1 rings (SSSR count). The largest absolute Gasteiger partial charge is 0.259 e. The third-order valence-corrected chi connectivity index (χ3v) is 3.54. The molecule has 2 atom stereocenters. The second-order valence-corrected chi connectivity index (χ2v) is 4.21. The van der Waals surface area contributed by atoms with Gasteiger partial charge < -0.3 is 0 Å². The predicted molar refractivity (Wildman–Crippen MR) is 40.8 cm³/mol. The maximum absolute atomic E-state index is 11.0. The highest BCUT2D eigenvalue weighted by molar-refractivity contribution is 7.85. The molecule has 0 amide bonds. The second-order valence-electron chi connectivity index (χ2n) is 2.37. The molecule has 52 valence electrons. The van der Waals surface area contributed by atoms with Crippen LogP contribution in [0.4, 0.5) is 0 Å². The lowest BCUT2D eigenvalue weighted by molar-refractivity contribution is 0.676. The number of rotatable bonds is 2. The van der Waals surface area contributed by atoms with Gasteiger partial charge in [-0.25, -0.2) is 0 Å². The average molecular weight is 144 g/mol. The summed E-state index contributed by atoms with van der Waals surface area (Å²) in [5, 5.41) is 0.433. The first-order valence-corrected chi connectivity index (χ1v) is 4.71. The molecule has 2 heteroatoms. The van der Waals surface area contributed by atoms with Crippen LogP contribution in [0.25, 0.3) is 0 Å². The van der Waals surface area contributed by atoms with Crippen molar-refractivity contribution >= 4 is 10.8 Å². The van der Waals surface area contributed by atoms with E-state index in [9.17, 15) is 4.21 Å². The highest BCUT2D eigenvalue weighted by atomic mass is 32.2. The zero-order valence-electron chi connectivity index (χ0n) is 5.51. The maximum atomic E-state index is 11.0. The van der Waals surface area contributed by atoms with Gasteiger partial charge in [0.05, 0.1) is 0 Å². The van der Waals surface area contributed by atoms with Crippen LogP contribution in [0.5, 0.6) is 0 Å². The number of hydrogen-bond donors (Lipinski definition) is 0. The fourth-order valence-electron chi connectivity index (χ4n) is 1.16. The normalized spacial score (nSPS) is 34.7. The molecule has 9 heavy (non-hydrogen) atoms. The average Bonchev–Trinajstić information content (AvgIpc) is 2.18. The molecule has 0 spiro atoms. The van der Waals surface area contributed by atoms with Gasteiger partial charge in [-0.2, -0.15) is 0 Å². The molecule has 0 aromatic heterocycles. The zero-order chi connectivity index (χ0) is 6.69. The predicted octanol–water partition coefficient (Wildman–Crippen LogP) is 1.47. The molecular weight excluding hydrogens is 132 g/mol. The van der Waals surface area contributed by atoms with Crippen molar-refractivity contribution in [3.8, 4) is 0 Å². The Morgan fingerprint density at radius 1 is 1.78 bits per heavy atom. The summed E-state index contributed by atoms with van der Waals surface area (Å²) in [5.41, 5.74) is 0. The van der Waals surface area contributed by atoms with Crippen LogP contribution in [-0.2, 0) is 10.8 Å². The molecule has 1 heterocycles. The van der Waals surface area contributed by atoms with Gasteiger partial charge in [0.25, 0.3) is 0 Å². The van der Waals surface area contributed by atoms with Crippen molar-refractivity contribution in [3.63, 3.8) is 0 Å². The van der Waals surface area contributed by atoms with E-state index in [-0.39, 0.29) is 0 Å². The lowest BCUT2D eigenvalue weighted by Crippen LogP contribution is -2.06. The van der Waals surface area contributed by atoms with E-state index >= 15 is 0 Å². The van der Waals surface area contributed by atoms with Gasteiger partial charge >= 0.3 is 0 Å². The highest BCUT2D eigenvalue weighted by Crippen LogP contribution is 2.18. The topological polar surface area (TPSA) is 17.1 Å². The summed E-state index contributed by atoms with van der Waals surface area (Å²) in [4.78, 5) is 0. The molecule has 1 aliphatic rings. The molecule has 1 saturated heterocycles. The third-order valence-electron chi connectivity index (χ3n) is 1.67. The Kier molecular flexibility index (Phi) is 2.46. The van der Waals surface area contributed by atoms with Crippen molar-refractivity contribution in [1.82, 2.24) is 0 Å². The summed E-state index contributed by atoms with van der Waals surface area (Å²) < 4.78 is 11.0. The molecule has 0 saturated carbocycles. The second kappa shape index (κ2) is 3.16. The van der Waals surface area contributed by atoms with Crippen LogP contribution in [-0.4, -0.2) is 15.2 Å². The highest BCUT2D eigenvalue weighted by Gasteiger charge is 2.20. The minimum Gasteiger partial charge on any atom is -0.259 e. The molecule has 0 bridgehead atoms. The van der Waals surface area contributed by atoms with Crippen molar-refractivity contribution in [2.45, 2.75) is 24.5 Å². The fraction of sp³-hybridized carbons (Fsp3) is 0.714. The first kappa shape index (κ1) is 7.00. The Labute approximate surface area is 58.6 Å². The number of hydrogen-bond acceptors (Lipinski definition) is 1. The summed E-state index contributed by atoms with van der Waals surface area (Å²) in [6.45, 7) is 3.62. The Morgan fingerprint density at radius 2 is 2.56 bits per heavy atom. The standard InChI is InChI=1S/C7H12OS/c1-2-4-7-5-3-6-9(7)8/h2,7H,1,3-6H2. The van der Waals surface area contributed by atoms with Crippen LogP contribution in [0.15, 0.2) is 12.7 Å². The van der Waals surface area contributed by atoms with Crippen molar-refractivity contribution in [2.24, 2.45) is 0 Å². The van der Waals surface area contributed by atoms with Gasteiger partial charge in [0.15, 0.2) is 0 Å². The molecule has 0 aromatic carbocycles. The van der Waals surface area contributed by atoms with Crippen molar-refractivity contribution in [1.29, 1.82) is 0 Å². The Morgan fingerprint density at radius 3 is 3.00 bits per heavy atom. The van der Waals surface area contributed by atoms with Gasteiger partial charge in [-0.15, -0.1) is 6.58 Å². The lowest BCUT2D eigenvalue weighted by atomic mass is 10.2. The first-order chi connectivity index (χ1) is 4.34. The molecule has 0 N–H and O–H groups in total. The van der Waals surface area contributed by atoms with Crippen LogP contribution in [0.3, 0.4) is 0 Å². The monoisotopic (exact) mass is 144 g/mol. The van der Waals surface area contributed by atoms with E-state index in [0.29, 0.717) is 5.25 Å². The van der Waals surface area contributed by atoms with Gasteiger partial charge in [-0.1, -0.05) is 6.08 Å². The zero-order valence-corrected chi connectivity index (χ0v) is 6.32. The van der Waals surface area contributed by atoms with E-state index in [1.165, 1.54) is 0 Å². The van der Waals surface area contributed by atoms with Crippen molar-refractivity contribution < 1.29 is 4.21 Å². The van der Waals surface area contributed by atoms with Gasteiger partial charge in [-0.05, 0) is 19.3 Å². The molecule has 1 nitrogen and oxygen atoms in total. The molecule has 0 radical (unpaired) electrons. The van der Waals surface area contributed by atoms with Gasteiger partial charge in [0.2, 0.25) is 0 Å². The molecule has 1 fully saturated rings. The fourth-order valence-corrected chi connectivity index (χ4v) is 2.73. The van der Waals surface area contributed by atoms with Crippen molar-refractivity contribution in [3.05, 3.63) is 12.7 Å². The van der Waals surface area contributed by atoms with E-state index in [1.807, 2.05) is 6.08 Å². The van der Waals surface area contributed by atoms with Gasteiger partial charge in [0, 0.05) is 21.8 Å². The van der Waals surface area contributed by atoms with E-state index in [1.54, 1.807) is 0 Å². The van der Waals surface area contributed by atoms with E-state index < -0.39 is 10.8 Å². The smallest absolute Gasteiger partial charge is 0.0382 e. The Hall–Kier alpha value is -0.110. The molecule has 1 aliphatic heterocycles. The first-order valence-electron chi connectivity index (χ1n) is 3.32. The lowest BCUT2D eigenvalue weighted by Gasteiger charge is -2.01. The van der Waals surface area contributed by atoms with E-state index in [0.717, 1.165) is 25.0 Å². The summed E-state index contributed by atoms with van der Waals surface area (Å²) in [7, 11) is -0.532. The van der Waals surface area contributed by atoms with Crippen LogP contribution in [0.1, 0.15) is 19.3 Å².